The predicted octanol–water partition coefficient (Wildman–Crippen LogP) is 1.18. The highest BCUT2D eigenvalue weighted by Crippen LogP contribution is 2.23. The number of nitrogens with one attached hydrogen (secondary N) is 1. The highest BCUT2D eigenvalue weighted by Gasteiger charge is 2.26. The summed E-state index contributed by atoms with van der Waals surface area (Å²) in [5.74, 6) is -0.255. The van der Waals surface area contributed by atoms with E-state index in [2.05, 4.69) is 5.32 Å². The molecule has 1 amide bonds. The van der Waals surface area contributed by atoms with E-state index in [-0.39, 0.29) is 27.4 Å². The van der Waals surface area contributed by atoms with Crippen LogP contribution in [0.4, 0.5) is 0 Å². The van der Waals surface area contributed by atoms with Gasteiger partial charge < -0.3 is 10.2 Å². The van der Waals surface area contributed by atoms with Crippen molar-refractivity contribution in [3.63, 3.8) is 0 Å². The van der Waals surface area contributed by atoms with Crippen molar-refractivity contribution in [3.8, 4) is 0 Å². The second kappa shape index (κ2) is 5.71. The van der Waals surface area contributed by atoms with Gasteiger partial charge in [-0.2, -0.15) is 0 Å². The maximum atomic E-state index is 12.5. The highest BCUT2D eigenvalue weighted by molar-refractivity contribution is 7.90. The molecule has 0 radical (unpaired) electrons. The van der Waals surface area contributed by atoms with Crippen LogP contribution in [0.1, 0.15) is 16.8 Å². The average Bonchev–Trinajstić information content (AvgIpc) is 2.90. The molecule has 1 fully saturated rings. The van der Waals surface area contributed by atoms with Gasteiger partial charge in [0.25, 0.3) is 5.91 Å². The normalized spacial score (nSPS) is 19.1. The third-order valence-electron chi connectivity index (χ3n) is 3.50. The largest absolute Gasteiger partial charge is 0.337 e. The van der Waals surface area contributed by atoms with Crippen LogP contribution in [0.5, 0.6) is 0 Å². The molecule has 0 aliphatic carbocycles. The number of sulfone groups is 1. The number of hydrogen-bond donors (Lipinski definition) is 1. The van der Waals surface area contributed by atoms with Crippen LogP contribution in [0.25, 0.3) is 0 Å². The van der Waals surface area contributed by atoms with Gasteiger partial charge in [0.05, 0.1) is 15.5 Å². The van der Waals surface area contributed by atoms with E-state index in [9.17, 15) is 13.2 Å². The van der Waals surface area contributed by atoms with Gasteiger partial charge in [0.15, 0.2) is 9.84 Å². The Labute approximate surface area is 123 Å². The second-order valence-corrected chi connectivity index (χ2v) is 7.40. The van der Waals surface area contributed by atoms with Gasteiger partial charge in [-0.3, -0.25) is 4.79 Å². The average molecular weight is 317 g/mol. The standard InChI is InChI=1S/C13H17ClN2O3S/c1-16(9-5-6-15-8-9)13(17)11-7-10(20(2,18)19)3-4-12(11)14/h3-4,7,9,15H,5-6,8H2,1-2H3. The Morgan fingerprint density at radius 2 is 2.15 bits per heavy atom. The molecule has 7 heteroatoms. The van der Waals surface area contributed by atoms with Crippen LogP contribution < -0.4 is 5.32 Å². The summed E-state index contributed by atoms with van der Waals surface area (Å²) in [6.07, 6.45) is 1.99. The Hall–Kier alpha value is -1.11. The number of carbonyl (C=O) groups is 1. The lowest BCUT2D eigenvalue weighted by Gasteiger charge is -2.24. The fourth-order valence-corrected chi connectivity index (χ4v) is 3.07. The van der Waals surface area contributed by atoms with E-state index >= 15 is 0 Å². The molecule has 20 heavy (non-hydrogen) atoms. The molecule has 2 rings (SSSR count). The van der Waals surface area contributed by atoms with Crippen molar-refractivity contribution in [2.75, 3.05) is 26.4 Å². The highest BCUT2D eigenvalue weighted by atomic mass is 35.5. The second-order valence-electron chi connectivity index (χ2n) is 4.98. The van der Waals surface area contributed by atoms with E-state index in [4.69, 9.17) is 11.6 Å². The van der Waals surface area contributed by atoms with E-state index in [0.717, 1.165) is 25.8 Å². The number of benzene rings is 1. The number of carbonyl (C=O) groups excluding carboxylic acids is 1. The van der Waals surface area contributed by atoms with Gasteiger partial charge in [-0.05, 0) is 31.2 Å². The fourth-order valence-electron chi connectivity index (χ4n) is 2.22. The molecule has 1 aromatic carbocycles. The first-order valence-corrected chi connectivity index (χ1v) is 8.55. The van der Waals surface area contributed by atoms with Crippen molar-refractivity contribution >= 4 is 27.3 Å². The van der Waals surface area contributed by atoms with E-state index in [1.807, 2.05) is 0 Å². The summed E-state index contributed by atoms with van der Waals surface area (Å²) in [6, 6.07) is 4.32. The summed E-state index contributed by atoms with van der Waals surface area (Å²) in [7, 11) is -1.65. The number of hydrogen-bond acceptors (Lipinski definition) is 4. The van der Waals surface area contributed by atoms with Crippen LogP contribution in [0.3, 0.4) is 0 Å². The van der Waals surface area contributed by atoms with Gasteiger partial charge >= 0.3 is 0 Å². The third-order valence-corrected chi connectivity index (χ3v) is 4.94. The first-order chi connectivity index (χ1) is 9.30. The van der Waals surface area contributed by atoms with Crippen LogP contribution in [-0.4, -0.2) is 51.7 Å². The van der Waals surface area contributed by atoms with Gasteiger partial charge in [0, 0.05) is 25.9 Å². The predicted molar refractivity (Wildman–Crippen MR) is 77.9 cm³/mol. The van der Waals surface area contributed by atoms with E-state index in [1.165, 1.54) is 18.2 Å². The first kappa shape index (κ1) is 15.3. The summed E-state index contributed by atoms with van der Waals surface area (Å²) in [6.45, 7) is 1.62. The van der Waals surface area contributed by atoms with Gasteiger partial charge in [0.1, 0.15) is 0 Å². The van der Waals surface area contributed by atoms with Gasteiger partial charge in [-0.25, -0.2) is 8.42 Å². The molecule has 1 heterocycles. The summed E-state index contributed by atoms with van der Waals surface area (Å²) in [5.41, 5.74) is 0.226. The molecule has 1 aliphatic rings. The quantitative estimate of drug-likeness (QED) is 0.909. The van der Waals surface area contributed by atoms with Gasteiger partial charge in [-0.15, -0.1) is 0 Å². The van der Waals surface area contributed by atoms with E-state index in [1.54, 1.807) is 11.9 Å². The Balaban J connectivity index is 2.33. The molecule has 1 N–H and O–H groups in total. The zero-order valence-electron chi connectivity index (χ0n) is 11.4. The summed E-state index contributed by atoms with van der Waals surface area (Å²) in [4.78, 5) is 14.2. The van der Waals surface area contributed by atoms with Crippen LogP contribution in [0, 0.1) is 0 Å². The molecule has 5 nitrogen and oxygen atoms in total. The van der Waals surface area contributed by atoms with Crippen molar-refractivity contribution in [3.05, 3.63) is 28.8 Å². The lowest BCUT2D eigenvalue weighted by molar-refractivity contribution is 0.0743. The molecule has 1 saturated heterocycles. The van der Waals surface area contributed by atoms with E-state index in [0.29, 0.717) is 0 Å². The zero-order valence-corrected chi connectivity index (χ0v) is 13.0. The number of amides is 1. The lowest BCUT2D eigenvalue weighted by Crippen LogP contribution is -2.38. The van der Waals surface area contributed by atoms with Crippen molar-refractivity contribution in [2.45, 2.75) is 17.4 Å². The van der Waals surface area contributed by atoms with Crippen molar-refractivity contribution in [1.29, 1.82) is 0 Å². The molecule has 0 saturated carbocycles. The first-order valence-electron chi connectivity index (χ1n) is 6.28. The monoisotopic (exact) mass is 316 g/mol. The van der Waals surface area contributed by atoms with Crippen LogP contribution in [-0.2, 0) is 9.84 Å². The summed E-state index contributed by atoms with van der Waals surface area (Å²) < 4.78 is 23.1. The molecule has 0 aromatic heterocycles. The third kappa shape index (κ3) is 3.13. The minimum atomic E-state index is -3.36. The molecular weight excluding hydrogens is 300 g/mol. The van der Waals surface area contributed by atoms with E-state index < -0.39 is 9.84 Å². The molecule has 0 spiro atoms. The lowest BCUT2D eigenvalue weighted by atomic mass is 10.1. The Bertz CT molecular complexity index is 625. The van der Waals surface area contributed by atoms with Gasteiger partial charge in [0.2, 0.25) is 0 Å². The Morgan fingerprint density at radius 3 is 2.70 bits per heavy atom. The van der Waals surface area contributed by atoms with Crippen LogP contribution in [0.15, 0.2) is 23.1 Å². The minimum absolute atomic E-state index is 0.100. The number of likely N-dealkylation sites (N-methyl/N-ethyl adjacent to an activating group) is 1. The Morgan fingerprint density at radius 1 is 1.45 bits per heavy atom. The zero-order chi connectivity index (χ0) is 14.9. The number of halogens is 1. The maximum Gasteiger partial charge on any atom is 0.255 e. The SMILES string of the molecule is CN(C(=O)c1cc(S(C)(=O)=O)ccc1Cl)C1CCNC1. The number of rotatable bonds is 3. The van der Waals surface area contributed by atoms with Crippen LogP contribution in [0.2, 0.25) is 5.02 Å². The van der Waals surface area contributed by atoms with Crippen LogP contribution >= 0.6 is 11.6 Å². The minimum Gasteiger partial charge on any atom is -0.337 e. The topological polar surface area (TPSA) is 66.5 Å². The van der Waals surface area contributed by atoms with Crippen molar-refractivity contribution < 1.29 is 13.2 Å². The maximum absolute atomic E-state index is 12.5. The molecule has 110 valence electrons. The molecule has 1 aliphatic heterocycles. The Kier molecular flexibility index (Phi) is 4.36. The van der Waals surface area contributed by atoms with Crippen molar-refractivity contribution in [2.24, 2.45) is 0 Å². The molecular formula is C13H17ClN2O3S. The molecule has 0 bridgehead atoms. The molecule has 1 unspecified atom stereocenters. The summed E-state index contributed by atoms with van der Waals surface area (Å²) >= 11 is 6.03. The molecule has 1 atom stereocenters. The fraction of sp³-hybridized carbons (Fsp3) is 0.462. The smallest absolute Gasteiger partial charge is 0.255 e. The summed E-state index contributed by atoms with van der Waals surface area (Å²) in [5, 5.41) is 3.45. The van der Waals surface area contributed by atoms with Gasteiger partial charge in [-0.1, -0.05) is 11.6 Å². The number of nitrogens with zero attached hydrogens (tertiary/aromatic N) is 1. The molecule has 1 aromatic rings. The van der Waals surface area contributed by atoms with Crippen molar-refractivity contribution in [1.82, 2.24) is 10.2 Å².